The summed E-state index contributed by atoms with van der Waals surface area (Å²) >= 11 is 0. The van der Waals surface area contributed by atoms with Crippen molar-refractivity contribution in [3.05, 3.63) is 17.5 Å². The molecule has 4 nitrogen and oxygen atoms in total. The Bertz CT molecular complexity index is 416. The number of rotatable bonds is 7. The first-order valence-electron chi connectivity index (χ1n) is 8.53. The predicted molar refractivity (Wildman–Crippen MR) is 88.3 cm³/mol. The lowest BCUT2D eigenvalue weighted by atomic mass is 9.96. The van der Waals surface area contributed by atoms with Crippen molar-refractivity contribution in [1.82, 2.24) is 20.0 Å². The quantitative estimate of drug-likeness (QED) is 0.838. The number of hydrogen-bond acceptors (Lipinski definition) is 3. The Morgan fingerprint density at radius 2 is 2.05 bits per heavy atom. The standard InChI is InChI=1S/C17H32N4/c1-5-16-10-17(20(4)19-16)13-21-8-6-15(7-9-21)12-18-11-14(2)3/h10,14-15,18H,5-9,11-13H2,1-4H3. The van der Waals surface area contributed by atoms with Gasteiger partial charge in [-0.1, -0.05) is 20.8 Å². The maximum absolute atomic E-state index is 4.55. The zero-order valence-electron chi connectivity index (χ0n) is 14.2. The van der Waals surface area contributed by atoms with Gasteiger partial charge in [-0.15, -0.1) is 0 Å². The van der Waals surface area contributed by atoms with Gasteiger partial charge in [0.2, 0.25) is 0 Å². The van der Waals surface area contributed by atoms with E-state index in [0.717, 1.165) is 31.3 Å². The number of piperidine rings is 1. The Morgan fingerprint density at radius 3 is 2.62 bits per heavy atom. The van der Waals surface area contributed by atoms with Crippen LogP contribution >= 0.6 is 0 Å². The van der Waals surface area contributed by atoms with E-state index in [9.17, 15) is 0 Å². The molecule has 0 spiro atoms. The monoisotopic (exact) mass is 292 g/mol. The second-order valence-electron chi connectivity index (χ2n) is 6.88. The lowest BCUT2D eigenvalue weighted by molar-refractivity contribution is 0.171. The second-order valence-corrected chi connectivity index (χ2v) is 6.88. The second kappa shape index (κ2) is 7.95. The van der Waals surface area contributed by atoms with E-state index in [-0.39, 0.29) is 0 Å². The number of aryl methyl sites for hydroxylation is 2. The zero-order chi connectivity index (χ0) is 15.2. The summed E-state index contributed by atoms with van der Waals surface area (Å²) in [5.41, 5.74) is 2.56. The van der Waals surface area contributed by atoms with Crippen molar-refractivity contribution < 1.29 is 0 Å². The van der Waals surface area contributed by atoms with Crippen LogP contribution in [0.25, 0.3) is 0 Å². The summed E-state index contributed by atoms with van der Waals surface area (Å²) in [5.74, 6) is 1.61. The molecule has 1 fully saturated rings. The highest BCUT2D eigenvalue weighted by molar-refractivity contribution is 5.10. The van der Waals surface area contributed by atoms with Crippen LogP contribution in [0.2, 0.25) is 0 Å². The van der Waals surface area contributed by atoms with Crippen LogP contribution in [0.5, 0.6) is 0 Å². The molecule has 0 aromatic carbocycles. The molecule has 0 radical (unpaired) electrons. The smallest absolute Gasteiger partial charge is 0.0625 e. The molecule has 0 aliphatic carbocycles. The summed E-state index contributed by atoms with van der Waals surface area (Å²) in [6, 6.07) is 2.26. The molecular weight excluding hydrogens is 260 g/mol. The van der Waals surface area contributed by atoms with Crippen molar-refractivity contribution in [2.45, 2.75) is 46.6 Å². The van der Waals surface area contributed by atoms with Crippen molar-refractivity contribution in [2.24, 2.45) is 18.9 Å². The Hall–Kier alpha value is -0.870. The predicted octanol–water partition coefficient (Wildman–Crippen LogP) is 2.44. The molecule has 1 N–H and O–H groups in total. The lowest BCUT2D eigenvalue weighted by Crippen LogP contribution is -2.37. The lowest BCUT2D eigenvalue weighted by Gasteiger charge is -2.32. The first-order valence-corrected chi connectivity index (χ1v) is 8.53. The van der Waals surface area contributed by atoms with Gasteiger partial charge in [0.05, 0.1) is 11.4 Å². The van der Waals surface area contributed by atoms with Gasteiger partial charge in [-0.2, -0.15) is 5.10 Å². The van der Waals surface area contributed by atoms with Crippen molar-refractivity contribution in [1.29, 1.82) is 0 Å². The van der Waals surface area contributed by atoms with E-state index in [1.54, 1.807) is 0 Å². The van der Waals surface area contributed by atoms with Crippen LogP contribution in [-0.2, 0) is 20.0 Å². The number of nitrogens with zero attached hydrogens (tertiary/aromatic N) is 3. The number of hydrogen-bond donors (Lipinski definition) is 1. The third kappa shape index (κ3) is 5.11. The van der Waals surface area contributed by atoms with E-state index in [1.807, 2.05) is 0 Å². The van der Waals surface area contributed by atoms with Gasteiger partial charge >= 0.3 is 0 Å². The molecule has 1 aliphatic heterocycles. The maximum Gasteiger partial charge on any atom is 0.0625 e. The van der Waals surface area contributed by atoms with Crippen LogP contribution in [0.1, 0.15) is 45.0 Å². The van der Waals surface area contributed by atoms with E-state index in [4.69, 9.17) is 0 Å². The number of nitrogens with one attached hydrogen (secondary N) is 1. The molecule has 0 atom stereocenters. The van der Waals surface area contributed by atoms with Crippen molar-refractivity contribution in [3.8, 4) is 0 Å². The minimum atomic E-state index is 0.752. The van der Waals surface area contributed by atoms with Gasteiger partial charge < -0.3 is 5.32 Å². The zero-order valence-corrected chi connectivity index (χ0v) is 14.2. The minimum Gasteiger partial charge on any atom is -0.316 e. The van der Waals surface area contributed by atoms with Crippen LogP contribution < -0.4 is 5.32 Å². The highest BCUT2D eigenvalue weighted by Crippen LogP contribution is 2.18. The summed E-state index contributed by atoms with van der Waals surface area (Å²) in [7, 11) is 2.07. The molecule has 0 bridgehead atoms. The minimum absolute atomic E-state index is 0.752. The van der Waals surface area contributed by atoms with Crippen LogP contribution in [0, 0.1) is 11.8 Å². The fourth-order valence-electron chi connectivity index (χ4n) is 3.05. The molecule has 21 heavy (non-hydrogen) atoms. The van der Waals surface area contributed by atoms with Gasteiger partial charge in [0.15, 0.2) is 0 Å². The van der Waals surface area contributed by atoms with E-state index in [2.05, 4.69) is 53.9 Å². The van der Waals surface area contributed by atoms with Gasteiger partial charge in [0, 0.05) is 13.6 Å². The molecular formula is C17H32N4. The fraction of sp³-hybridized carbons (Fsp3) is 0.824. The first kappa shape index (κ1) is 16.5. The SMILES string of the molecule is CCc1cc(CN2CCC(CNCC(C)C)CC2)n(C)n1. The van der Waals surface area contributed by atoms with E-state index >= 15 is 0 Å². The molecule has 0 unspecified atom stereocenters. The van der Waals surface area contributed by atoms with Crippen LogP contribution in [-0.4, -0.2) is 40.9 Å². The molecule has 1 aromatic rings. The van der Waals surface area contributed by atoms with Gasteiger partial charge in [-0.3, -0.25) is 9.58 Å². The van der Waals surface area contributed by atoms with Gasteiger partial charge in [0.25, 0.3) is 0 Å². The van der Waals surface area contributed by atoms with Crippen LogP contribution in [0.3, 0.4) is 0 Å². The normalized spacial score (nSPS) is 17.8. The fourth-order valence-corrected chi connectivity index (χ4v) is 3.05. The van der Waals surface area contributed by atoms with Crippen LogP contribution in [0.4, 0.5) is 0 Å². The molecule has 1 aliphatic rings. The van der Waals surface area contributed by atoms with Crippen molar-refractivity contribution >= 4 is 0 Å². The number of aromatic nitrogens is 2. The number of likely N-dealkylation sites (tertiary alicyclic amines) is 1. The van der Waals surface area contributed by atoms with Gasteiger partial charge in [-0.25, -0.2) is 0 Å². The Morgan fingerprint density at radius 1 is 1.33 bits per heavy atom. The van der Waals surface area contributed by atoms with Crippen molar-refractivity contribution in [3.63, 3.8) is 0 Å². The molecule has 0 amide bonds. The largest absolute Gasteiger partial charge is 0.316 e. The summed E-state index contributed by atoms with van der Waals surface area (Å²) in [5, 5.41) is 8.15. The summed E-state index contributed by atoms with van der Waals surface area (Å²) < 4.78 is 2.05. The third-order valence-electron chi connectivity index (χ3n) is 4.47. The maximum atomic E-state index is 4.55. The molecule has 4 heteroatoms. The summed E-state index contributed by atoms with van der Waals surface area (Å²) in [6.45, 7) is 12.5. The highest BCUT2D eigenvalue weighted by atomic mass is 15.3. The highest BCUT2D eigenvalue weighted by Gasteiger charge is 2.20. The van der Waals surface area contributed by atoms with Crippen molar-refractivity contribution in [2.75, 3.05) is 26.2 Å². The average Bonchev–Trinajstić information content (AvgIpc) is 2.81. The topological polar surface area (TPSA) is 33.1 Å². The summed E-state index contributed by atoms with van der Waals surface area (Å²) in [6.07, 6.45) is 3.67. The Balaban J connectivity index is 1.72. The molecule has 2 rings (SSSR count). The third-order valence-corrected chi connectivity index (χ3v) is 4.47. The molecule has 1 aromatic heterocycles. The van der Waals surface area contributed by atoms with E-state index in [0.29, 0.717) is 0 Å². The molecule has 1 saturated heterocycles. The molecule has 120 valence electrons. The molecule has 2 heterocycles. The van der Waals surface area contributed by atoms with E-state index < -0.39 is 0 Å². The van der Waals surface area contributed by atoms with Gasteiger partial charge in [0.1, 0.15) is 0 Å². The van der Waals surface area contributed by atoms with Gasteiger partial charge in [-0.05, 0) is 63.3 Å². The average molecular weight is 292 g/mol. The molecule has 0 saturated carbocycles. The first-order chi connectivity index (χ1) is 10.1. The van der Waals surface area contributed by atoms with Crippen LogP contribution in [0.15, 0.2) is 6.07 Å². The van der Waals surface area contributed by atoms with E-state index in [1.165, 1.54) is 43.9 Å². The summed E-state index contributed by atoms with van der Waals surface area (Å²) in [4.78, 5) is 2.58. The Labute approximate surface area is 129 Å². The Kier molecular flexibility index (Phi) is 6.24.